The number of nitro groups is 1. The Labute approximate surface area is 116 Å². The lowest BCUT2D eigenvalue weighted by molar-refractivity contribution is -0.383. The number of rotatable bonds is 6. The summed E-state index contributed by atoms with van der Waals surface area (Å²) in [5.41, 5.74) is 0.778. The van der Waals surface area contributed by atoms with Crippen LogP contribution >= 0.6 is 0 Å². The highest BCUT2D eigenvalue weighted by atomic mass is 16.6. The Morgan fingerprint density at radius 3 is 2.85 bits per heavy atom. The summed E-state index contributed by atoms with van der Waals surface area (Å²) in [6.07, 6.45) is 3.78. The summed E-state index contributed by atoms with van der Waals surface area (Å²) in [5.74, 6) is 0.241. The van der Waals surface area contributed by atoms with Gasteiger partial charge in [0.15, 0.2) is 5.69 Å². The largest absolute Gasteiger partial charge is 0.364 e. The normalized spacial score (nSPS) is 10.5. The van der Waals surface area contributed by atoms with Crippen LogP contribution in [0, 0.1) is 10.1 Å². The van der Waals surface area contributed by atoms with Gasteiger partial charge in [0, 0.05) is 19.3 Å². The van der Waals surface area contributed by atoms with E-state index in [1.165, 1.54) is 6.33 Å². The highest BCUT2D eigenvalue weighted by Gasteiger charge is 2.25. The van der Waals surface area contributed by atoms with E-state index in [0.717, 1.165) is 6.42 Å². The molecule has 0 bridgehead atoms. The summed E-state index contributed by atoms with van der Waals surface area (Å²) in [5, 5.41) is 18.4. The molecule has 0 atom stereocenters. The molecule has 2 heterocycles. The van der Waals surface area contributed by atoms with E-state index < -0.39 is 4.92 Å². The van der Waals surface area contributed by atoms with Crippen molar-refractivity contribution in [3.05, 3.63) is 28.7 Å². The minimum Gasteiger partial charge on any atom is -0.364 e. The van der Waals surface area contributed by atoms with Gasteiger partial charge >= 0.3 is 5.69 Å². The first-order valence-electron chi connectivity index (χ1n) is 6.44. The van der Waals surface area contributed by atoms with Crippen molar-refractivity contribution in [1.82, 2.24) is 19.7 Å². The molecule has 20 heavy (non-hydrogen) atoms. The van der Waals surface area contributed by atoms with Crippen LogP contribution in [0.4, 0.5) is 11.5 Å². The molecule has 2 aromatic rings. The first-order valence-corrected chi connectivity index (χ1v) is 6.44. The molecule has 8 heteroatoms. The average molecular weight is 276 g/mol. The molecule has 0 saturated heterocycles. The van der Waals surface area contributed by atoms with Crippen LogP contribution in [-0.4, -0.2) is 31.2 Å². The Kier molecular flexibility index (Phi) is 4.24. The number of anilines is 1. The smallest absolute Gasteiger partial charge is 0.338 e. The van der Waals surface area contributed by atoms with Crippen LogP contribution in [0.3, 0.4) is 0 Å². The summed E-state index contributed by atoms with van der Waals surface area (Å²) in [6, 6.07) is 1.71. The van der Waals surface area contributed by atoms with Gasteiger partial charge in [-0.05, 0) is 19.4 Å². The fourth-order valence-corrected chi connectivity index (χ4v) is 1.90. The maximum Gasteiger partial charge on any atom is 0.338 e. The Morgan fingerprint density at radius 1 is 1.40 bits per heavy atom. The fraction of sp³-hybridized carbons (Fsp3) is 0.417. The van der Waals surface area contributed by atoms with Crippen molar-refractivity contribution in [3.63, 3.8) is 0 Å². The van der Waals surface area contributed by atoms with Crippen molar-refractivity contribution in [2.45, 2.75) is 26.8 Å². The summed E-state index contributed by atoms with van der Waals surface area (Å²) in [6.45, 7) is 5.12. The second-order valence-corrected chi connectivity index (χ2v) is 4.14. The topological polar surface area (TPSA) is 98.8 Å². The van der Waals surface area contributed by atoms with Gasteiger partial charge in [-0.1, -0.05) is 6.92 Å². The molecule has 0 saturated carbocycles. The van der Waals surface area contributed by atoms with Crippen molar-refractivity contribution in [2.75, 3.05) is 11.9 Å². The third kappa shape index (κ3) is 2.58. The van der Waals surface area contributed by atoms with Gasteiger partial charge in [-0.2, -0.15) is 5.10 Å². The summed E-state index contributed by atoms with van der Waals surface area (Å²) in [4.78, 5) is 18.9. The lowest BCUT2D eigenvalue weighted by Gasteiger charge is -2.08. The molecule has 0 spiro atoms. The molecule has 0 radical (unpaired) electrons. The number of nitrogens with zero attached hydrogens (tertiary/aromatic N) is 5. The van der Waals surface area contributed by atoms with Crippen LogP contribution in [0.1, 0.15) is 20.3 Å². The summed E-state index contributed by atoms with van der Waals surface area (Å²) < 4.78 is 1.67. The monoisotopic (exact) mass is 276 g/mol. The highest BCUT2D eigenvalue weighted by Crippen LogP contribution is 2.32. The van der Waals surface area contributed by atoms with Gasteiger partial charge in [0.2, 0.25) is 5.82 Å². The SMILES string of the molecule is CCCNc1ncnc(-c2ccnn2CC)c1[N+](=O)[O-]. The van der Waals surface area contributed by atoms with Crippen molar-refractivity contribution < 1.29 is 4.92 Å². The number of aryl methyl sites for hydroxylation is 1. The Bertz CT molecular complexity index is 610. The van der Waals surface area contributed by atoms with Gasteiger partial charge in [-0.15, -0.1) is 0 Å². The van der Waals surface area contributed by atoms with Crippen LogP contribution in [0.25, 0.3) is 11.4 Å². The molecule has 106 valence electrons. The van der Waals surface area contributed by atoms with E-state index in [2.05, 4.69) is 20.4 Å². The first kappa shape index (κ1) is 13.9. The lowest BCUT2D eigenvalue weighted by atomic mass is 10.2. The molecule has 1 N–H and O–H groups in total. The molecule has 0 fully saturated rings. The molecule has 2 aromatic heterocycles. The van der Waals surface area contributed by atoms with Crippen LogP contribution in [0.2, 0.25) is 0 Å². The Balaban J connectivity index is 2.55. The van der Waals surface area contributed by atoms with Gasteiger partial charge in [-0.25, -0.2) is 9.97 Å². The maximum absolute atomic E-state index is 11.4. The van der Waals surface area contributed by atoms with E-state index in [0.29, 0.717) is 18.8 Å². The zero-order valence-electron chi connectivity index (χ0n) is 11.4. The second-order valence-electron chi connectivity index (χ2n) is 4.14. The van der Waals surface area contributed by atoms with Crippen molar-refractivity contribution in [3.8, 4) is 11.4 Å². The number of hydrogen-bond donors (Lipinski definition) is 1. The minimum atomic E-state index is -0.458. The van der Waals surface area contributed by atoms with E-state index >= 15 is 0 Å². The Hall–Kier alpha value is -2.51. The van der Waals surface area contributed by atoms with E-state index in [4.69, 9.17) is 0 Å². The molecule has 0 amide bonds. The molecular weight excluding hydrogens is 260 g/mol. The molecule has 0 aliphatic rings. The molecule has 0 aliphatic carbocycles. The minimum absolute atomic E-state index is 0.115. The van der Waals surface area contributed by atoms with Crippen molar-refractivity contribution >= 4 is 11.5 Å². The molecule has 0 unspecified atom stereocenters. The lowest BCUT2D eigenvalue weighted by Crippen LogP contribution is -2.09. The predicted molar refractivity (Wildman–Crippen MR) is 74.4 cm³/mol. The average Bonchev–Trinajstić information content (AvgIpc) is 2.92. The third-order valence-electron chi connectivity index (χ3n) is 2.81. The number of aromatic nitrogens is 4. The zero-order chi connectivity index (χ0) is 14.5. The van der Waals surface area contributed by atoms with Gasteiger partial charge in [0.25, 0.3) is 0 Å². The zero-order valence-corrected chi connectivity index (χ0v) is 11.4. The van der Waals surface area contributed by atoms with Crippen LogP contribution in [-0.2, 0) is 6.54 Å². The van der Waals surface area contributed by atoms with E-state index in [9.17, 15) is 10.1 Å². The van der Waals surface area contributed by atoms with Crippen molar-refractivity contribution in [2.24, 2.45) is 0 Å². The van der Waals surface area contributed by atoms with Crippen LogP contribution < -0.4 is 5.32 Å². The first-order chi connectivity index (χ1) is 9.69. The van der Waals surface area contributed by atoms with Gasteiger partial charge in [0.05, 0.1) is 10.6 Å². The molecule has 0 aromatic carbocycles. The number of nitrogens with one attached hydrogen (secondary N) is 1. The van der Waals surface area contributed by atoms with Crippen LogP contribution in [0.15, 0.2) is 18.6 Å². The molecule has 8 nitrogen and oxygen atoms in total. The van der Waals surface area contributed by atoms with Gasteiger partial charge in [0.1, 0.15) is 6.33 Å². The quantitative estimate of drug-likeness (QED) is 0.640. The summed E-state index contributed by atoms with van der Waals surface area (Å²) in [7, 11) is 0. The number of hydrogen-bond acceptors (Lipinski definition) is 6. The second kappa shape index (κ2) is 6.09. The maximum atomic E-state index is 11.4. The Morgan fingerprint density at radius 2 is 2.20 bits per heavy atom. The standard InChI is InChI=1S/C12H16N6O2/c1-3-6-13-12-11(18(19)20)10(14-8-15-12)9-5-7-16-17(9)4-2/h5,7-8H,3-4,6H2,1-2H3,(H,13,14,15). The highest BCUT2D eigenvalue weighted by molar-refractivity contribution is 5.74. The molecule has 0 aliphatic heterocycles. The fourth-order valence-electron chi connectivity index (χ4n) is 1.90. The molecule has 2 rings (SSSR count). The predicted octanol–water partition coefficient (Wildman–Crippen LogP) is 2.09. The van der Waals surface area contributed by atoms with Crippen molar-refractivity contribution in [1.29, 1.82) is 0 Å². The third-order valence-corrected chi connectivity index (χ3v) is 2.81. The van der Waals surface area contributed by atoms with Gasteiger partial charge in [-0.3, -0.25) is 14.8 Å². The molecular formula is C12H16N6O2. The van der Waals surface area contributed by atoms with E-state index in [-0.39, 0.29) is 17.2 Å². The van der Waals surface area contributed by atoms with E-state index in [1.54, 1.807) is 16.9 Å². The van der Waals surface area contributed by atoms with Crippen LogP contribution in [0.5, 0.6) is 0 Å². The summed E-state index contributed by atoms with van der Waals surface area (Å²) >= 11 is 0. The van der Waals surface area contributed by atoms with E-state index in [1.807, 2.05) is 13.8 Å². The van der Waals surface area contributed by atoms with Gasteiger partial charge < -0.3 is 5.32 Å².